The highest BCUT2D eigenvalue weighted by Crippen LogP contribution is 2.28. The lowest BCUT2D eigenvalue weighted by Gasteiger charge is -2.27. The fourth-order valence-corrected chi connectivity index (χ4v) is 4.35. The normalized spacial score (nSPS) is 15.2. The molecule has 1 atom stereocenters. The summed E-state index contributed by atoms with van der Waals surface area (Å²) in [6, 6.07) is 11.8. The molecule has 2 aromatic heterocycles. The molecule has 1 N–H and O–H groups in total. The molecular weight excluding hydrogens is 398 g/mol. The third kappa shape index (κ3) is 4.70. The zero-order chi connectivity index (χ0) is 20.9. The summed E-state index contributed by atoms with van der Waals surface area (Å²) in [6.07, 6.45) is 5.19. The van der Waals surface area contributed by atoms with Gasteiger partial charge < -0.3 is 14.6 Å². The molecule has 0 saturated carbocycles. The number of hydrogen-bond acceptors (Lipinski definition) is 6. The van der Waals surface area contributed by atoms with Crippen molar-refractivity contribution in [1.82, 2.24) is 20.1 Å². The summed E-state index contributed by atoms with van der Waals surface area (Å²) in [4.78, 5) is 14.8. The lowest BCUT2D eigenvalue weighted by atomic mass is 10.1. The van der Waals surface area contributed by atoms with Gasteiger partial charge in [-0.05, 0) is 57.4 Å². The molecule has 4 rings (SSSR count). The highest BCUT2D eigenvalue weighted by Gasteiger charge is 2.22. The maximum Gasteiger partial charge on any atom is 0.232 e. The van der Waals surface area contributed by atoms with Gasteiger partial charge in [-0.1, -0.05) is 29.5 Å². The molecule has 0 radical (unpaired) electrons. The number of amides is 1. The Kier molecular flexibility index (Phi) is 6.42. The van der Waals surface area contributed by atoms with E-state index in [4.69, 9.17) is 4.42 Å². The molecule has 0 spiro atoms. The van der Waals surface area contributed by atoms with Gasteiger partial charge in [0.1, 0.15) is 5.76 Å². The topological polar surface area (TPSA) is 76.2 Å². The van der Waals surface area contributed by atoms with E-state index >= 15 is 0 Å². The predicted molar refractivity (Wildman–Crippen MR) is 118 cm³/mol. The van der Waals surface area contributed by atoms with Gasteiger partial charge in [0.25, 0.3) is 0 Å². The second-order valence-corrected chi connectivity index (χ2v) is 8.54. The number of carbonyl (C=O) groups is 1. The first-order chi connectivity index (χ1) is 14.6. The van der Waals surface area contributed by atoms with Crippen LogP contribution in [0.5, 0.6) is 0 Å². The van der Waals surface area contributed by atoms with Gasteiger partial charge in [0.15, 0.2) is 5.16 Å². The molecule has 1 unspecified atom stereocenters. The molecule has 3 aromatic rings. The largest absolute Gasteiger partial charge is 0.467 e. The average molecular weight is 426 g/mol. The van der Waals surface area contributed by atoms with E-state index in [2.05, 4.69) is 56.2 Å². The van der Waals surface area contributed by atoms with E-state index in [0.717, 1.165) is 48.5 Å². The van der Waals surface area contributed by atoms with E-state index in [-0.39, 0.29) is 17.7 Å². The fourth-order valence-electron chi connectivity index (χ4n) is 3.60. The summed E-state index contributed by atoms with van der Waals surface area (Å²) in [7, 11) is 0. The summed E-state index contributed by atoms with van der Waals surface area (Å²) in [5, 5.41) is 12.6. The molecule has 0 bridgehead atoms. The minimum Gasteiger partial charge on any atom is -0.467 e. The van der Waals surface area contributed by atoms with Crippen molar-refractivity contribution in [2.45, 2.75) is 44.3 Å². The van der Waals surface area contributed by atoms with Crippen LogP contribution >= 0.6 is 11.8 Å². The van der Waals surface area contributed by atoms with E-state index in [9.17, 15) is 4.79 Å². The summed E-state index contributed by atoms with van der Waals surface area (Å²) in [6.45, 7) is 5.94. The number of hydrogen-bond donors (Lipinski definition) is 1. The summed E-state index contributed by atoms with van der Waals surface area (Å²) in [5.41, 5.74) is 2.21. The predicted octanol–water partition coefficient (Wildman–Crippen LogP) is 4.13. The maximum atomic E-state index is 12.5. The number of anilines is 1. The van der Waals surface area contributed by atoms with Gasteiger partial charge in [-0.15, -0.1) is 10.2 Å². The number of aryl methyl sites for hydroxylation is 1. The SMILES string of the molecule is Cc1ccc(-n2c(SCC(=O)NC(C)c3ccco3)nnc2N2CCCCC2)cc1. The molecular formula is C22H27N5O2S. The van der Waals surface area contributed by atoms with Crippen LogP contribution in [0.1, 0.15) is 43.6 Å². The van der Waals surface area contributed by atoms with Crippen LogP contribution in [-0.2, 0) is 4.79 Å². The number of aromatic nitrogens is 3. The number of carbonyl (C=O) groups excluding carboxylic acids is 1. The Morgan fingerprint density at radius 1 is 1.17 bits per heavy atom. The Labute approximate surface area is 180 Å². The van der Waals surface area contributed by atoms with E-state index in [1.807, 2.05) is 19.1 Å². The molecule has 30 heavy (non-hydrogen) atoms. The zero-order valence-corrected chi connectivity index (χ0v) is 18.2. The van der Waals surface area contributed by atoms with Crippen LogP contribution in [0.4, 0.5) is 5.95 Å². The minimum absolute atomic E-state index is 0.0677. The molecule has 158 valence electrons. The summed E-state index contributed by atoms with van der Waals surface area (Å²) < 4.78 is 7.43. The van der Waals surface area contributed by atoms with Crippen molar-refractivity contribution >= 4 is 23.6 Å². The molecule has 7 nitrogen and oxygen atoms in total. The Morgan fingerprint density at radius 2 is 1.93 bits per heavy atom. The van der Waals surface area contributed by atoms with Crippen LogP contribution in [0.3, 0.4) is 0 Å². The zero-order valence-electron chi connectivity index (χ0n) is 17.4. The molecule has 1 saturated heterocycles. The van der Waals surface area contributed by atoms with Crippen LogP contribution < -0.4 is 10.2 Å². The molecule has 1 aliphatic heterocycles. The molecule has 8 heteroatoms. The molecule has 0 aliphatic carbocycles. The van der Waals surface area contributed by atoms with Gasteiger partial charge in [-0.2, -0.15) is 0 Å². The number of piperidine rings is 1. The Morgan fingerprint density at radius 3 is 2.63 bits per heavy atom. The number of benzene rings is 1. The molecule has 1 aromatic carbocycles. The van der Waals surface area contributed by atoms with Crippen molar-refractivity contribution in [2.75, 3.05) is 23.7 Å². The van der Waals surface area contributed by atoms with E-state index in [1.54, 1.807) is 6.26 Å². The first kappa shape index (κ1) is 20.5. The van der Waals surface area contributed by atoms with Gasteiger partial charge >= 0.3 is 0 Å². The van der Waals surface area contributed by atoms with Crippen molar-refractivity contribution < 1.29 is 9.21 Å². The van der Waals surface area contributed by atoms with Crippen LogP contribution in [0.2, 0.25) is 0 Å². The Bertz CT molecular complexity index is 962. The summed E-state index contributed by atoms with van der Waals surface area (Å²) in [5.74, 6) is 1.78. The smallest absolute Gasteiger partial charge is 0.232 e. The standard InChI is InChI=1S/C22H27N5O2S/c1-16-8-10-18(11-9-16)27-21(26-12-4-3-5-13-26)24-25-22(27)30-15-20(28)23-17(2)19-7-6-14-29-19/h6-11,14,17H,3-5,12-13,15H2,1-2H3,(H,23,28). The van der Waals surface area contributed by atoms with Gasteiger partial charge in [-0.3, -0.25) is 9.36 Å². The van der Waals surface area contributed by atoms with Crippen molar-refractivity contribution in [3.63, 3.8) is 0 Å². The molecule has 1 fully saturated rings. The Balaban J connectivity index is 1.51. The number of furan rings is 1. The van der Waals surface area contributed by atoms with Gasteiger partial charge in [0.05, 0.1) is 23.7 Å². The monoisotopic (exact) mass is 425 g/mol. The van der Waals surface area contributed by atoms with Gasteiger partial charge in [0.2, 0.25) is 11.9 Å². The third-order valence-electron chi connectivity index (χ3n) is 5.23. The summed E-state index contributed by atoms with van der Waals surface area (Å²) >= 11 is 1.40. The molecule has 1 aliphatic rings. The van der Waals surface area contributed by atoms with Gasteiger partial charge in [0, 0.05) is 13.1 Å². The van der Waals surface area contributed by atoms with Crippen molar-refractivity contribution in [3.8, 4) is 5.69 Å². The third-order valence-corrected chi connectivity index (χ3v) is 6.16. The molecule has 1 amide bonds. The minimum atomic E-state index is -0.174. The lowest BCUT2D eigenvalue weighted by Crippen LogP contribution is -2.31. The van der Waals surface area contributed by atoms with E-state index in [0.29, 0.717) is 0 Å². The average Bonchev–Trinajstić information content (AvgIpc) is 3.44. The maximum absolute atomic E-state index is 12.5. The number of rotatable bonds is 7. The van der Waals surface area contributed by atoms with E-state index in [1.165, 1.54) is 23.7 Å². The quantitative estimate of drug-likeness (QED) is 0.574. The highest BCUT2D eigenvalue weighted by molar-refractivity contribution is 7.99. The van der Waals surface area contributed by atoms with Crippen LogP contribution in [0, 0.1) is 6.92 Å². The molecule has 3 heterocycles. The van der Waals surface area contributed by atoms with Crippen molar-refractivity contribution in [3.05, 3.63) is 54.0 Å². The lowest BCUT2D eigenvalue weighted by molar-refractivity contribution is -0.119. The number of nitrogens with one attached hydrogen (secondary N) is 1. The van der Waals surface area contributed by atoms with Crippen LogP contribution in [0.25, 0.3) is 5.69 Å². The second-order valence-electron chi connectivity index (χ2n) is 7.59. The first-order valence-corrected chi connectivity index (χ1v) is 11.3. The van der Waals surface area contributed by atoms with Crippen molar-refractivity contribution in [1.29, 1.82) is 0 Å². The van der Waals surface area contributed by atoms with Crippen LogP contribution in [0.15, 0.2) is 52.2 Å². The number of thioether (sulfide) groups is 1. The van der Waals surface area contributed by atoms with Gasteiger partial charge in [-0.25, -0.2) is 0 Å². The highest BCUT2D eigenvalue weighted by atomic mass is 32.2. The van der Waals surface area contributed by atoms with Crippen LogP contribution in [-0.4, -0.2) is 39.5 Å². The van der Waals surface area contributed by atoms with E-state index < -0.39 is 0 Å². The fraction of sp³-hybridized carbons (Fsp3) is 0.409. The second kappa shape index (κ2) is 9.38. The first-order valence-electron chi connectivity index (χ1n) is 10.3. The number of nitrogens with zero attached hydrogens (tertiary/aromatic N) is 4. The van der Waals surface area contributed by atoms with Crippen molar-refractivity contribution in [2.24, 2.45) is 0 Å². The Hall–Kier alpha value is -2.74.